The lowest BCUT2D eigenvalue weighted by Crippen LogP contribution is -3.00. The van der Waals surface area contributed by atoms with Crippen LogP contribution in [0.5, 0.6) is 5.75 Å². The Morgan fingerprint density at radius 1 is 1.03 bits per heavy atom. The summed E-state index contributed by atoms with van der Waals surface area (Å²) < 4.78 is 8.45. The molecule has 0 aliphatic rings. The third-order valence-corrected chi connectivity index (χ3v) is 5.88. The monoisotopic (exact) mass is 487 g/mol. The van der Waals surface area contributed by atoms with Crippen molar-refractivity contribution in [1.82, 2.24) is 4.98 Å². The maximum atomic E-state index is 6.03. The van der Waals surface area contributed by atoms with Gasteiger partial charge in [0, 0.05) is 30.2 Å². The lowest BCUT2D eigenvalue weighted by Gasteiger charge is -2.22. The Morgan fingerprint density at radius 2 is 1.81 bits per heavy atom. The van der Waals surface area contributed by atoms with E-state index in [0.29, 0.717) is 11.0 Å². The molecule has 166 valence electrons. The Hall–Kier alpha value is -2.74. The van der Waals surface area contributed by atoms with Crippen LogP contribution >= 0.6 is 22.9 Å². The topological polar surface area (TPSA) is 54.0 Å². The van der Waals surface area contributed by atoms with Crippen LogP contribution in [-0.2, 0) is 6.54 Å². The van der Waals surface area contributed by atoms with Gasteiger partial charge < -0.3 is 22.0 Å². The normalized spacial score (nSPS) is 10.9. The summed E-state index contributed by atoms with van der Waals surface area (Å²) in [5.74, 6) is 1.38. The zero-order chi connectivity index (χ0) is 21.5. The number of hydrogen-bond acceptors (Lipinski definition) is 6. The van der Waals surface area contributed by atoms with E-state index in [0.717, 1.165) is 47.0 Å². The molecule has 2 heterocycles. The molecule has 0 unspecified atom stereocenters. The molecule has 0 atom stereocenters. The van der Waals surface area contributed by atoms with E-state index < -0.39 is 0 Å². The molecule has 4 rings (SSSR count). The van der Waals surface area contributed by atoms with Gasteiger partial charge in [0.05, 0.1) is 29.6 Å². The number of methoxy groups -OCH3 is 1. The second-order valence-electron chi connectivity index (χ2n) is 6.84. The summed E-state index contributed by atoms with van der Waals surface area (Å²) in [6.45, 7) is 2.55. The third-order valence-electron chi connectivity index (χ3n) is 4.81. The van der Waals surface area contributed by atoms with Crippen molar-refractivity contribution in [2.45, 2.75) is 6.54 Å². The number of pyridine rings is 1. The third kappa shape index (κ3) is 6.16. The molecule has 2 aromatic carbocycles. The van der Waals surface area contributed by atoms with Gasteiger partial charge in [-0.15, -0.1) is 21.8 Å². The van der Waals surface area contributed by atoms with E-state index in [1.807, 2.05) is 48.5 Å². The number of thiazole rings is 1. The van der Waals surface area contributed by atoms with Crippen LogP contribution in [0.4, 0.5) is 16.5 Å². The maximum absolute atomic E-state index is 6.03. The van der Waals surface area contributed by atoms with Gasteiger partial charge in [-0.2, -0.15) is 0 Å². The van der Waals surface area contributed by atoms with Crippen molar-refractivity contribution < 1.29 is 21.7 Å². The van der Waals surface area contributed by atoms with E-state index in [1.54, 1.807) is 7.11 Å². The fraction of sp³-hybridized carbons (Fsp3) is 0.217. The number of anilines is 1. The first-order chi connectivity index (χ1) is 15.2. The summed E-state index contributed by atoms with van der Waals surface area (Å²) in [5, 5.41) is 9.28. The van der Waals surface area contributed by atoms with E-state index in [9.17, 15) is 0 Å². The van der Waals surface area contributed by atoms with Gasteiger partial charge >= 0.3 is 0 Å². The van der Waals surface area contributed by atoms with Crippen molar-refractivity contribution in [1.29, 1.82) is 0 Å². The summed E-state index contributed by atoms with van der Waals surface area (Å²) in [5.41, 5.74) is 2.79. The number of hydrogen-bond donors (Lipinski definition) is 0. The molecule has 0 aliphatic carbocycles. The van der Waals surface area contributed by atoms with Gasteiger partial charge in [0.2, 0.25) is 5.13 Å². The Bertz CT molecular complexity index is 1150. The highest BCUT2D eigenvalue weighted by atomic mass is 35.5. The minimum absolute atomic E-state index is 0. The molecule has 0 spiro atoms. The Labute approximate surface area is 202 Å². The molecule has 9 heteroatoms. The number of fused-ring (bicyclic) bond motifs is 1. The molecule has 6 nitrogen and oxygen atoms in total. The molecule has 32 heavy (non-hydrogen) atoms. The second kappa shape index (κ2) is 11.8. The van der Waals surface area contributed by atoms with Gasteiger partial charge in [0.15, 0.2) is 18.9 Å². The van der Waals surface area contributed by atoms with E-state index >= 15 is 0 Å². The van der Waals surface area contributed by atoms with Crippen molar-refractivity contribution in [3.63, 3.8) is 0 Å². The fourth-order valence-electron chi connectivity index (χ4n) is 3.18. The molecule has 0 N–H and O–H groups in total. The summed E-state index contributed by atoms with van der Waals surface area (Å²) >= 11 is 7.52. The highest BCUT2D eigenvalue weighted by Crippen LogP contribution is 2.32. The first-order valence-corrected chi connectivity index (χ1v) is 11.3. The first kappa shape index (κ1) is 23.9. The van der Waals surface area contributed by atoms with E-state index in [-0.39, 0.29) is 12.4 Å². The van der Waals surface area contributed by atoms with Crippen LogP contribution in [0.15, 0.2) is 83.3 Å². The van der Waals surface area contributed by atoms with Gasteiger partial charge in [-0.25, -0.2) is 9.55 Å². The predicted octanol–water partition coefficient (Wildman–Crippen LogP) is 2.76. The molecule has 0 radical (unpaired) electrons. The average molecular weight is 488 g/mol. The summed E-state index contributed by atoms with van der Waals surface area (Å²) in [6.07, 6.45) is 4.14. The summed E-state index contributed by atoms with van der Waals surface area (Å²) in [6, 6.07) is 19.9. The van der Waals surface area contributed by atoms with Gasteiger partial charge in [0.25, 0.3) is 0 Å². The highest BCUT2D eigenvalue weighted by Gasteiger charge is 2.09. The number of nitrogens with zero attached hydrogens (tertiary/aromatic N) is 5. The summed E-state index contributed by atoms with van der Waals surface area (Å²) in [4.78, 5) is 6.78. The molecular weight excluding hydrogens is 465 g/mol. The molecular formula is C23H23Cl2N5OS. The second-order valence-corrected chi connectivity index (χ2v) is 8.22. The smallest absolute Gasteiger partial charge is 0.231 e. The lowest BCUT2D eigenvalue weighted by molar-refractivity contribution is -0.694. The molecule has 0 saturated carbocycles. The first-order valence-electron chi connectivity index (χ1n) is 9.96. The van der Waals surface area contributed by atoms with Crippen molar-refractivity contribution in [3.8, 4) is 5.75 Å². The number of rotatable bonds is 9. The minimum Gasteiger partial charge on any atom is -1.00 e. The lowest BCUT2D eigenvalue weighted by atomic mass is 10.2. The Morgan fingerprint density at radius 3 is 2.53 bits per heavy atom. The van der Waals surface area contributed by atoms with Crippen LogP contribution in [-0.4, -0.2) is 31.1 Å². The van der Waals surface area contributed by atoms with Gasteiger partial charge in [-0.3, -0.25) is 0 Å². The van der Waals surface area contributed by atoms with Crippen LogP contribution in [0.1, 0.15) is 0 Å². The number of ether oxygens (including phenoxy) is 1. The van der Waals surface area contributed by atoms with E-state index in [4.69, 9.17) is 16.3 Å². The van der Waals surface area contributed by atoms with Crippen molar-refractivity contribution in [2.24, 2.45) is 10.2 Å². The van der Waals surface area contributed by atoms with Crippen LogP contribution in [0.25, 0.3) is 10.2 Å². The minimum atomic E-state index is 0. The molecule has 0 saturated heterocycles. The van der Waals surface area contributed by atoms with Crippen LogP contribution in [0.3, 0.4) is 0 Å². The highest BCUT2D eigenvalue weighted by molar-refractivity contribution is 7.21. The predicted molar refractivity (Wildman–Crippen MR) is 126 cm³/mol. The van der Waals surface area contributed by atoms with Crippen LogP contribution in [0, 0.1) is 0 Å². The fourth-order valence-corrected chi connectivity index (χ4v) is 4.20. The SMILES string of the molecule is COc1ccc2nc(N=Nc3ccc(N(CCCl)CC[n+]4ccccc4)cc3)sc2c1.[Cl-]. The van der Waals surface area contributed by atoms with Crippen molar-refractivity contribution >= 4 is 49.7 Å². The Kier molecular flexibility index (Phi) is 8.79. The largest absolute Gasteiger partial charge is 1.00 e. The average Bonchev–Trinajstić information content (AvgIpc) is 3.23. The molecule has 0 bridgehead atoms. The van der Waals surface area contributed by atoms with Crippen molar-refractivity contribution in [2.75, 3.05) is 31.0 Å². The maximum Gasteiger partial charge on any atom is 0.231 e. The van der Waals surface area contributed by atoms with E-state index in [2.05, 4.69) is 49.2 Å². The summed E-state index contributed by atoms with van der Waals surface area (Å²) in [7, 11) is 1.65. The molecule has 2 aromatic heterocycles. The van der Waals surface area contributed by atoms with Gasteiger partial charge in [0.1, 0.15) is 5.75 Å². The number of aromatic nitrogens is 2. The molecule has 0 amide bonds. The molecule has 4 aromatic rings. The van der Waals surface area contributed by atoms with Crippen molar-refractivity contribution in [3.05, 3.63) is 73.1 Å². The van der Waals surface area contributed by atoms with Gasteiger partial charge in [-0.1, -0.05) is 17.4 Å². The number of alkyl halides is 1. The zero-order valence-electron chi connectivity index (χ0n) is 17.6. The molecule has 0 aliphatic heterocycles. The van der Waals surface area contributed by atoms with E-state index in [1.165, 1.54) is 11.3 Å². The Balaban J connectivity index is 0.00000289. The molecule has 0 fully saturated rings. The number of benzene rings is 2. The standard InChI is InChI=1S/C23H23ClN5OS.ClH/c1-30-20-9-10-21-22(17-20)31-23(25-21)27-26-18-5-7-19(8-6-18)29(14-11-24)16-15-28-12-3-2-4-13-28;/h2-10,12-13,17H,11,14-16H2,1H3;1H/q+1;/p-1. The van der Waals surface area contributed by atoms with Crippen LogP contribution in [0.2, 0.25) is 0 Å². The quantitative estimate of drug-likeness (QED) is 0.207. The van der Waals surface area contributed by atoms with Gasteiger partial charge in [-0.05, 0) is 42.5 Å². The number of azo groups is 1. The zero-order valence-corrected chi connectivity index (χ0v) is 19.9. The van der Waals surface area contributed by atoms with Crippen LogP contribution < -0.4 is 26.6 Å². The number of halogens is 2.